The highest BCUT2D eigenvalue weighted by atomic mass is 19.2. The van der Waals surface area contributed by atoms with Crippen molar-refractivity contribution in [2.75, 3.05) is 5.32 Å². The summed E-state index contributed by atoms with van der Waals surface area (Å²) in [5.74, 6) is -2.23. The van der Waals surface area contributed by atoms with Crippen molar-refractivity contribution < 1.29 is 13.2 Å². The molecule has 0 saturated carbocycles. The van der Waals surface area contributed by atoms with Gasteiger partial charge in [0.25, 0.3) is 0 Å². The van der Waals surface area contributed by atoms with E-state index in [1.807, 2.05) is 0 Å². The molecule has 1 atom stereocenters. The standard InChI is InChI=1S/C15H14F3N/c1-9-6-7-14(13(17)8-9)19-10(2)11-4-3-5-12(16)15(11)18/h3-8,10,19H,1-2H3. The van der Waals surface area contributed by atoms with Crippen molar-refractivity contribution in [1.82, 2.24) is 0 Å². The lowest BCUT2D eigenvalue weighted by Gasteiger charge is -2.17. The highest BCUT2D eigenvalue weighted by molar-refractivity contribution is 5.48. The molecule has 0 bridgehead atoms. The number of anilines is 1. The molecule has 0 heterocycles. The Morgan fingerprint density at radius 1 is 1.00 bits per heavy atom. The summed E-state index contributed by atoms with van der Waals surface area (Å²) in [6.07, 6.45) is 0. The van der Waals surface area contributed by atoms with Crippen LogP contribution in [-0.4, -0.2) is 0 Å². The smallest absolute Gasteiger partial charge is 0.164 e. The van der Waals surface area contributed by atoms with Crippen molar-refractivity contribution >= 4 is 5.69 Å². The summed E-state index contributed by atoms with van der Waals surface area (Å²) in [6.45, 7) is 3.43. The fourth-order valence-corrected chi connectivity index (χ4v) is 1.90. The topological polar surface area (TPSA) is 12.0 Å². The van der Waals surface area contributed by atoms with Crippen molar-refractivity contribution in [1.29, 1.82) is 0 Å². The minimum atomic E-state index is -0.907. The first-order chi connectivity index (χ1) is 8.99. The first kappa shape index (κ1) is 13.5. The highest BCUT2D eigenvalue weighted by Crippen LogP contribution is 2.25. The van der Waals surface area contributed by atoms with E-state index in [2.05, 4.69) is 5.32 Å². The van der Waals surface area contributed by atoms with Gasteiger partial charge >= 0.3 is 0 Å². The molecule has 0 aliphatic heterocycles. The third-order valence-corrected chi connectivity index (χ3v) is 2.94. The molecule has 0 spiro atoms. The molecule has 0 aliphatic carbocycles. The third kappa shape index (κ3) is 2.89. The molecule has 2 aromatic rings. The molecule has 2 rings (SSSR count). The zero-order chi connectivity index (χ0) is 14.0. The van der Waals surface area contributed by atoms with Crippen molar-refractivity contribution in [2.45, 2.75) is 19.9 Å². The lowest BCUT2D eigenvalue weighted by molar-refractivity contribution is 0.494. The highest BCUT2D eigenvalue weighted by Gasteiger charge is 2.15. The van der Waals surface area contributed by atoms with Crippen LogP contribution in [-0.2, 0) is 0 Å². The van der Waals surface area contributed by atoms with E-state index in [-0.39, 0.29) is 11.3 Å². The van der Waals surface area contributed by atoms with Crippen LogP contribution in [0.25, 0.3) is 0 Å². The van der Waals surface area contributed by atoms with Crippen molar-refractivity contribution in [3.8, 4) is 0 Å². The van der Waals surface area contributed by atoms with Crippen LogP contribution in [0.4, 0.5) is 18.9 Å². The molecular formula is C15H14F3N. The monoisotopic (exact) mass is 265 g/mol. The minimum absolute atomic E-state index is 0.167. The van der Waals surface area contributed by atoms with E-state index in [1.165, 1.54) is 18.2 Å². The van der Waals surface area contributed by atoms with Gasteiger partial charge in [-0.15, -0.1) is 0 Å². The maximum atomic E-state index is 13.7. The molecule has 2 aromatic carbocycles. The van der Waals surface area contributed by atoms with E-state index in [0.717, 1.165) is 11.6 Å². The van der Waals surface area contributed by atoms with Crippen molar-refractivity contribution in [3.63, 3.8) is 0 Å². The molecule has 0 amide bonds. The lowest BCUT2D eigenvalue weighted by Crippen LogP contribution is -2.10. The van der Waals surface area contributed by atoms with Gasteiger partial charge < -0.3 is 5.32 Å². The molecule has 1 unspecified atom stereocenters. The Morgan fingerprint density at radius 3 is 2.42 bits per heavy atom. The Morgan fingerprint density at radius 2 is 1.74 bits per heavy atom. The second-order valence-electron chi connectivity index (χ2n) is 4.49. The summed E-state index contributed by atoms with van der Waals surface area (Å²) in [5.41, 5.74) is 1.23. The Kier molecular flexibility index (Phi) is 3.79. The number of halogens is 3. The van der Waals surface area contributed by atoms with Gasteiger partial charge in [-0.3, -0.25) is 0 Å². The molecule has 0 aromatic heterocycles. The van der Waals surface area contributed by atoms with Crippen LogP contribution in [0.3, 0.4) is 0 Å². The number of benzene rings is 2. The Balaban J connectivity index is 2.25. The molecule has 19 heavy (non-hydrogen) atoms. The van der Waals surface area contributed by atoms with Gasteiger partial charge in [-0.2, -0.15) is 0 Å². The maximum absolute atomic E-state index is 13.7. The molecule has 1 nitrogen and oxygen atoms in total. The van der Waals surface area contributed by atoms with Gasteiger partial charge in [0.2, 0.25) is 0 Å². The van der Waals surface area contributed by atoms with E-state index >= 15 is 0 Å². The number of aryl methyl sites for hydroxylation is 1. The summed E-state index contributed by atoms with van der Waals surface area (Å²) >= 11 is 0. The van der Waals surface area contributed by atoms with Crippen LogP contribution in [0.15, 0.2) is 36.4 Å². The molecule has 0 fully saturated rings. The van der Waals surface area contributed by atoms with Crippen molar-refractivity contribution in [3.05, 3.63) is 65.0 Å². The largest absolute Gasteiger partial charge is 0.376 e. The molecule has 100 valence electrons. The number of hydrogen-bond donors (Lipinski definition) is 1. The number of rotatable bonds is 3. The molecule has 0 aliphatic rings. The van der Waals surface area contributed by atoms with Gasteiger partial charge in [-0.1, -0.05) is 18.2 Å². The van der Waals surface area contributed by atoms with E-state index in [4.69, 9.17) is 0 Å². The summed E-state index contributed by atoms with van der Waals surface area (Å²) in [7, 11) is 0. The van der Waals surface area contributed by atoms with Crippen LogP contribution in [0.5, 0.6) is 0 Å². The fourth-order valence-electron chi connectivity index (χ4n) is 1.90. The van der Waals surface area contributed by atoms with E-state index < -0.39 is 23.5 Å². The normalized spacial score (nSPS) is 12.3. The maximum Gasteiger partial charge on any atom is 0.164 e. The van der Waals surface area contributed by atoms with Crippen LogP contribution >= 0.6 is 0 Å². The summed E-state index contributed by atoms with van der Waals surface area (Å²) < 4.78 is 40.4. The average Bonchev–Trinajstić information content (AvgIpc) is 2.36. The number of nitrogens with one attached hydrogen (secondary N) is 1. The van der Waals surface area contributed by atoms with Crippen LogP contribution in [0.2, 0.25) is 0 Å². The lowest BCUT2D eigenvalue weighted by atomic mass is 10.1. The second-order valence-corrected chi connectivity index (χ2v) is 4.49. The van der Waals surface area contributed by atoms with E-state index in [9.17, 15) is 13.2 Å². The van der Waals surface area contributed by atoms with Gasteiger partial charge in [0.1, 0.15) is 5.82 Å². The second kappa shape index (κ2) is 5.34. The molecule has 0 radical (unpaired) electrons. The van der Waals surface area contributed by atoms with Crippen LogP contribution in [0, 0.1) is 24.4 Å². The molecule has 4 heteroatoms. The molecular weight excluding hydrogens is 251 g/mol. The zero-order valence-corrected chi connectivity index (χ0v) is 10.7. The predicted molar refractivity (Wildman–Crippen MR) is 69.5 cm³/mol. The Bertz CT molecular complexity index is 596. The Hall–Kier alpha value is -1.97. The molecule has 0 saturated heterocycles. The Labute approximate surface area is 110 Å². The van der Waals surface area contributed by atoms with Gasteiger partial charge in [-0.25, -0.2) is 13.2 Å². The molecule has 1 N–H and O–H groups in total. The van der Waals surface area contributed by atoms with Gasteiger partial charge in [0, 0.05) is 5.56 Å². The minimum Gasteiger partial charge on any atom is -0.376 e. The zero-order valence-electron chi connectivity index (χ0n) is 10.7. The van der Waals surface area contributed by atoms with E-state index in [1.54, 1.807) is 26.0 Å². The average molecular weight is 265 g/mol. The van der Waals surface area contributed by atoms with Gasteiger partial charge in [0.15, 0.2) is 11.6 Å². The summed E-state index contributed by atoms with van der Waals surface area (Å²) in [4.78, 5) is 0. The van der Waals surface area contributed by atoms with Crippen LogP contribution in [0.1, 0.15) is 24.1 Å². The van der Waals surface area contributed by atoms with Crippen LogP contribution < -0.4 is 5.32 Å². The van der Waals surface area contributed by atoms with Gasteiger partial charge in [0.05, 0.1) is 11.7 Å². The third-order valence-electron chi connectivity index (χ3n) is 2.94. The van der Waals surface area contributed by atoms with Gasteiger partial charge in [-0.05, 0) is 37.6 Å². The first-order valence-corrected chi connectivity index (χ1v) is 5.95. The summed E-state index contributed by atoms with van der Waals surface area (Å²) in [5, 5.41) is 2.84. The quantitative estimate of drug-likeness (QED) is 0.856. The first-order valence-electron chi connectivity index (χ1n) is 5.95. The van der Waals surface area contributed by atoms with Crippen molar-refractivity contribution in [2.24, 2.45) is 0 Å². The SMILES string of the molecule is Cc1ccc(NC(C)c2cccc(F)c2F)c(F)c1. The number of hydrogen-bond acceptors (Lipinski definition) is 1. The van der Waals surface area contributed by atoms with E-state index in [0.29, 0.717) is 0 Å². The summed E-state index contributed by atoms with van der Waals surface area (Å²) in [6, 6.07) is 8.14. The fraction of sp³-hybridized carbons (Fsp3) is 0.200. The predicted octanol–water partition coefficient (Wildman–Crippen LogP) is 4.59.